The highest BCUT2D eigenvalue weighted by Gasteiger charge is 2.42. The van der Waals surface area contributed by atoms with Gasteiger partial charge < -0.3 is 10.5 Å². The highest BCUT2D eigenvalue weighted by atomic mass is 35.5. The van der Waals surface area contributed by atoms with Crippen molar-refractivity contribution in [2.24, 2.45) is 5.73 Å². The van der Waals surface area contributed by atoms with Crippen LogP contribution in [0.1, 0.15) is 37.7 Å². The van der Waals surface area contributed by atoms with Gasteiger partial charge in [-0.1, -0.05) is 11.6 Å². The van der Waals surface area contributed by atoms with Gasteiger partial charge in [-0.15, -0.1) is 0 Å². The minimum atomic E-state index is -0.177. The van der Waals surface area contributed by atoms with E-state index in [1.807, 2.05) is 18.2 Å². The second-order valence-corrected chi connectivity index (χ2v) is 5.40. The van der Waals surface area contributed by atoms with Crippen molar-refractivity contribution in [1.82, 2.24) is 0 Å². The Bertz CT molecular complexity index is 410. The van der Waals surface area contributed by atoms with Gasteiger partial charge in [0.2, 0.25) is 0 Å². The molecule has 0 unspecified atom stereocenters. The lowest BCUT2D eigenvalue weighted by Crippen LogP contribution is -2.27. The van der Waals surface area contributed by atoms with Gasteiger partial charge in [0.1, 0.15) is 5.75 Å². The number of nitrogens with two attached hydrogens (primary N) is 1. The lowest BCUT2D eigenvalue weighted by atomic mass is 9.95. The maximum absolute atomic E-state index is 6.23. The molecular weight excluding hydrogens is 222 g/mol. The molecule has 0 aliphatic heterocycles. The van der Waals surface area contributed by atoms with Crippen molar-refractivity contribution in [2.45, 2.75) is 43.7 Å². The first-order valence-corrected chi connectivity index (χ1v) is 6.31. The predicted molar refractivity (Wildman–Crippen MR) is 64.8 cm³/mol. The predicted octanol–water partition coefficient (Wildman–Crippen LogP) is 3.22. The van der Waals surface area contributed by atoms with E-state index in [0.717, 1.165) is 29.2 Å². The molecule has 3 heteroatoms. The van der Waals surface area contributed by atoms with Gasteiger partial charge in [0.05, 0.1) is 6.10 Å². The molecule has 0 spiro atoms. The summed E-state index contributed by atoms with van der Waals surface area (Å²) in [5, 5.41) is 0.743. The SMILES string of the molecule is NC1(c2cc(Cl)ccc2OC2CCC2)CC1. The first-order chi connectivity index (χ1) is 7.67. The van der Waals surface area contributed by atoms with E-state index in [4.69, 9.17) is 22.1 Å². The van der Waals surface area contributed by atoms with Gasteiger partial charge in [-0.05, 0) is 50.3 Å². The Hall–Kier alpha value is -0.730. The molecule has 2 N–H and O–H groups in total. The molecular formula is C13H16ClNO. The second kappa shape index (κ2) is 3.64. The normalized spacial score (nSPS) is 22.6. The summed E-state index contributed by atoms with van der Waals surface area (Å²) in [5.74, 6) is 0.939. The molecule has 2 fully saturated rings. The third-order valence-electron chi connectivity index (χ3n) is 3.61. The van der Waals surface area contributed by atoms with Crippen LogP contribution >= 0.6 is 11.6 Å². The van der Waals surface area contributed by atoms with Crippen LogP contribution in [-0.2, 0) is 5.54 Å². The lowest BCUT2D eigenvalue weighted by Gasteiger charge is -2.28. The van der Waals surface area contributed by atoms with Gasteiger partial charge in [-0.3, -0.25) is 0 Å². The molecule has 1 aromatic rings. The summed E-state index contributed by atoms with van der Waals surface area (Å²) in [6.45, 7) is 0. The number of rotatable bonds is 3. The summed E-state index contributed by atoms with van der Waals surface area (Å²) in [5.41, 5.74) is 7.15. The van der Waals surface area contributed by atoms with Crippen LogP contribution in [0.4, 0.5) is 0 Å². The minimum Gasteiger partial charge on any atom is -0.490 e. The molecule has 0 radical (unpaired) electrons. The van der Waals surface area contributed by atoms with Crippen LogP contribution in [0.3, 0.4) is 0 Å². The van der Waals surface area contributed by atoms with Crippen molar-refractivity contribution in [1.29, 1.82) is 0 Å². The molecule has 2 aliphatic rings. The van der Waals surface area contributed by atoms with Crippen molar-refractivity contribution >= 4 is 11.6 Å². The maximum Gasteiger partial charge on any atom is 0.124 e. The van der Waals surface area contributed by atoms with Crippen LogP contribution in [-0.4, -0.2) is 6.10 Å². The van der Waals surface area contributed by atoms with Crippen LogP contribution in [0.25, 0.3) is 0 Å². The highest BCUT2D eigenvalue weighted by Crippen LogP contribution is 2.47. The van der Waals surface area contributed by atoms with E-state index in [1.165, 1.54) is 19.3 Å². The molecule has 2 aliphatic carbocycles. The van der Waals surface area contributed by atoms with Crippen LogP contribution in [0.2, 0.25) is 5.02 Å². The summed E-state index contributed by atoms with van der Waals surface area (Å²) in [6.07, 6.45) is 6.07. The van der Waals surface area contributed by atoms with Gasteiger partial charge in [0.15, 0.2) is 0 Å². The molecule has 0 bridgehead atoms. The topological polar surface area (TPSA) is 35.2 Å². The molecule has 2 saturated carbocycles. The number of hydrogen-bond acceptors (Lipinski definition) is 2. The summed E-state index contributed by atoms with van der Waals surface area (Å²) in [6, 6.07) is 5.80. The quantitative estimate of drug-likeness (QED) is 0.876. The van der Waals surface area contributed by atoms with Crippen molar-refractivity contribution < 1.29 is 4.74 Å². The molecule has 86 valence electrons. The van der Waals surface area contributed by atoms with Crippen molar-refractivity contribution in [3.63, 3.8) is 0 Å². The van der Waals surface area contributed by atoms with Crippen molar-refractivity contribution in [3.8, 4) is 5.75 Å². The molecule has 0 saturated heterocycles. The van der Waals surface area contributed by atoms with Crippen molar-refractivity contribution in [2.75, 3.05) is 0 Å². The van der Waals surface area contributed by atoms with Crippen LogP contribution in [0.15, 0.2) is 18.2 Å². The van der Waals surface area contributed by atoms with E-state index < -0.39 is 0 Å². The van der Waals surface area contributed by atoms with Crippen LogP contribution < -0.4 is 10.5 Å². The first-order valence-electron chi connectivity index (χ1n) is 5.93. The van der Waals surface area contributed by atoms with Crippen LogP contribution in [0, 0.1) is 0 Å². The zero-order valence-corrected chi connectivity index (χ0v) is 9.96. The monoisotopic (exact) mass is 237 g/mol. The largest absolute Gasteiger partial charge is 0.490 e. The summed E-state index contributed by atoms with van der Waals surface area (Å²) in [4.78, 5) is 0. The van der Waals surface area contributed by atoms with E-state index >= 15 is 0 Å². The average molecular weight is 238 g/mol. The number of halogens is 1. The van der Waals surface area contributed by atoms with E-state index in [-0.39, 0.29) is 5.54 Å². The van der Waals surface area contributed by atoms with E-state index in [0.29, 0.717) is 6.10 Å². The minimum absolute atomic E-state index is 0.177. The molecule has 0 heterocycles. The van der Waals surface area contributed by atoms with Crippen molar-refractivity contribution in [3.05, 3.63) is 28.8 Å². The summed E-state index contributed by atoms with van der Waals surface area (Å²) in [7, 11) is 0. The molecule has 2 nitrogen and oxygen atoms in total. The Balaban J connectivity index is 1.89. The Morgan fingerprint density at radius 3 is 2.62 bits per heavy atom. The summed E-state index contributed by atoms with van der Waals surface area (Å²) < 4.78 is 5.96. The summed E-state index contributed by atoms with van der Waals surface area (Å²) >= 11 is 6.02. The fraction of sp³-hybridized carbons (Fsp3) is 0.538. The van der Waals surface area contributed by atoms with Gasteiger partial charge in [-0.25, -0.2) is 0 Å². The average Bonchev–Trinajstić information content (AvgIpc) is 2.93. The molecule has 1 aromatic carbocycles. The fourth-order valence-electron chi connectivity index (χ4n) is 2.07. The standard InChI is InChI=1S/C13H16ClNO/c14-9-4-5-12(16-10-2-1-3-10)11(8-9)13(15)6-7-13/h4-5,8,10H,1-3,6-7,15H2. The Morgan fingerprint density at radius 2 is 2.06 bits per heavy atom. The molecule has 3 rings (SSSR count). The molecule has 0 aromatic heterocycles. The second-order valence-electron chi connectivity index (χ2n) is 4.97. The first kappa shape index (κ1) is 10.4. The Kier molecular flexibility index (Phi) is 2.37. The van der Waals surface area contributed by atoms with Gasteiger partial charge >= 0.3 is 0 Å². The zero-order valence-electron chi connectivity index (χ0n) is 9.21. The zero-order chi connectivity index (χ0) is 11.2. The number of benzene rings is 1. The number of ether oxygens (including phenoxy) is 1. The lowest BCUT2D eigenvalue weighted by molar-refractivity contribution is 0.118. The Morgan fingerprint density at radius 1 is 1.31 bits per heavy atom. The molecule has 16 heavy (non-hydrogen) atoms. The molecule has 0 amide bonds. The van der Waals surface area contributed by atoms with Gasteiger partial charge in [0.25, 0.3) is 0 Å². The third kappa shape index (κ3) is 1.80. The highest BCUT2D eigenvalue weighted by molar-refractivity contribution is 6.30. The van der Waals surface area contributed by atoms with Crippen LogP contribution in [0.5, 0.6) is 5.75 Å². The fourth-order valence-corrected chi connectivity index (χ4v) is 2.24. The van der Waals surface area contributed by atoms with E-state index in [9.17, 15) is 0 Å². The van der Waals surface area contributed by atoms with Gasteiger partial charge in [-0.2, -0.15) is 0 Å². The maximum atomic E-state index is 6.23. The Labute approximate surface area is 101 Å². The number of hydrogen-bond donors (Lipinski definition) is 1. The van der Waals surface area contributed by atoms with E-state index in [2.05, 4.69) is 0 Å². The molecule has 0 atom stereocenters. The smallest absolute Gasteiger partial charge is 0.124 e. The third-order valence-corrected chi connectivity index (χ3v) is 3.85. The van der Waals surface area contributed by atoms with E-state index in [1.54, 1.807) is 0 Å². The van der Waals surface area contributed by atoms with Gasteiger partial charge in [0, 0.05) is 16.1 Å².